The minimum Gasteiger partial charge on any atom is -0.505 e. The number of aryl methyl sites for hydroxylation is 1. The van der Waals surface area contributed by atoms with Crippen LogP contribution in [0.1, 0.15) is 22.9 Å². The average molecular weight is 386 g/mol. The molecule has 0 bridgehead atoms. The summed E-state index contributed by atoms with van der Waals surface area (Å²) in [4.78, 5) is 19.6. The molecule has 0 aliphatic rings. The zero-order valence-corrected chi connectivity index (χ0v) is 15.6. The van der Waals surface area contributed by atoms with Crippen LogP contribution in [0.25, 0.3) is 10.9 Å². The maximum atomic E-state index is 11.3. The zero-order chi connectivity index (χ0) is 20.4. The lowest BCUT2D eigenvalue weighted by molar-refractivity contribution is -0.384. The predicted molar refractivity (Wildman–Crippen MR) is 111 cm³/mol. The lowest BCUT2D eigenvalue weighted by Gasteiger charge is -2.22. The molecule has 4 aromatic rings. The predicted octanol–water partition coefficient (Wildman–Crippen LogP) is 4.75. The van der Waals surface area contributed by atoms with Crippen molar-refractivity contribution in [1.82, 2.24) is 9.97 Å². The van der Waals surface area contributed by atoms with Crippen LogP contribution in [0.15, 0.2) is 72.9 Å². The maximum Gasteiger partial charge on any atom is 0.269 e. The number of aromatic hydroxyl groups is 1. The van der Waals surface area contributed by atoms with E-state index in [2.05, 4.69) is 15.3 Å². The molecule has 2 aromatic carbocycles. The molecule has 0 amide bonds. The summed E-state index contributed by atoms with van der Waals surface area (Å²) in [5.74, 6) is 0.617. The van der Waals surface area contributed by atoms with Gasteiger partial charge in [-0.2, -0.15) is 0 Å². The largest absolute Gasteiger partial charge is 0.505 e. The van der Waals surface area contributed by atoms with Crippen molar-refractivity contribution in [2.24, 2.45) is 0 Å². The molecule has 7 nitrogen and oxygen atoms in total. The third-order valence-electron chi connectivity index (χ3n) is 4.69. The van der Waals surface area contributed by atoms with E-state index in [4.69, 9.17) is 0 Å². The SMILES string of the molecule is Cc1ccc2ccc([C@H](Nc3ccccn3)c3cccc([N+](=O)[O-])c3)c(O)c2n1. The summed E-state index contributed by atoms with van der Waals surface area (Å²) in [5.41, 5.74) is 2.44. The van der Waals surface area contributed by atoms with Crippen molar-refractivity contribution in [2.75, 3.05) is 5.32 Å². The number of hydrogen-bond donors (Lipinski definition) is 2. The van der Waals surface area contributed by atoms with Crippen LogP contribution in [-0.2, 0) is 0 Å². The number of phenols is 1. The number of nitrogens with one attached hydrogen (secondary N) is 1. The lowest BCUT2D eigenvalue weighted by Crippen LogP contribution is -2.14. The van der Waals surface area contributed by atoms with E-state index in [-0.39, 0.29) is 11.4 Å². The number of nitro groups is 1. The zero-order valence-electron chi connectivity index (χ0n) is 15.6. The van der Waals surface area contributed by atoms with Crippen molar-refractivity contribution < 1.29 is 10.0 Å². The van der Waals surface area contributed by atoms with Gasteiger partial charge in [0.25, 0.3) is 5.69 Å². The summed E-state index contributed by atoms with van der Waals surface area (Å²) in [6, 6.07) is 18.7. The van der Waals surface area contributed by atoms with Crippen molar-refractivity contribution in [2.45, 2.75) is 13.0 Å². The number of anilines is 1. The van der Waals surface area contributed by atoms with Gasteiger partial charge in [-0.15, -0.1) is 0 Å². The minimum atomic E-state index is -0.559. The number of nitrogens with zero attached hydrogens (tertiary/aromatic N) is 3. The molecule has 144 valence electrons. The number of aromatic nitrogens is 2. The first-order valence-electron chi connectivity index (χ1n) is 9.04. The van der Waals surface area contributed by atoms with Crippen LogP contribution in [0, 0.1) is 17.0 Å². The molecule has 0 saturated heterocycles. The van der Waals surface area contributed by atoms with E-state index in [0.717, 1.165) is 11.1 Å². The molecule has 2 aromatic heterocycles. The average Bonchev–Trinajstić information content (AvgIpc) is 2.74. The van der Waals surface area contributed by atoms with Crippen LogP contribution < -0.4 is 5.32 Å². The van der Waals surface area contributed by atoms with Gasteiger partial charge in [0.15, 0.2) is 0 Å². The van der Waals surface area contributed by atoms with E-state index in [0.29, 0.717) is 22.5 Å². The molecule has 0 fully saturated rings. The Hall–Kier alpha value is -4.00. The number of hydrogen-bond acceptors (Lipinski definition) is 6. The number of benzene rings is 2. The van der Waals surface area contributed by atoms with E-state index in [1.54, 1.807) is 36.5 Å². The summed E-state index contributed by atoms with van der Waals surface area (Å²) in [6.45, 7) is 1.86. The molecular weight excluding hydrogens is 368 g/mol. The molecule has 29 heavy (non-hydrogen) atoms. The molecule has 0 radical (unpaired) electrons. The number of non-ortho nitro benzene ring substituents is 1. The standard InChI is InChI=1S/C22H18N4O3/c1-14-8-9-15-10-11-18(22(27)21(15)24-14)20(25-19-7-2-3-12-23-19)16-5-4-6-17(13-16)26(28)29/h2-13,20,27H,1H3,(H,23,25)/t20-/m1/s1. The van der Waals surface area contributed by atoms with Gasteiger partial charge in [0.2, 0.25) is 0 Å². The first-order chi connectivity index (χ1) is 14.0. The summed E-state index contributed by atoms with van der Waals surface area (Å²) in [5, 5.41) is 26.4. The van der Waals surface area contributed by atoms with Crippen molar-refractivity contribution in [3.63, 3.8) is 0 Å². The first kappa shape index (κ1) is 18.4. The molecule has 0 aliphatic heterocycles. The Morgan fingerprint density at radius 2 is 1.90 bits per heavy atom. The highest BCUT2D eigenvalue weighted by Gasteiger charge is 2.22. The van der Waals surface area contributed by atoms with Gasteiger partial charge in [-0.1, -0.05) is 36.4 Å². The highest BCUT2D eigenvalue weighted by atomic mass is 16.6. The maximum absolute atomic E-state index is 11.3. The third-order valence-corrected chi connectivity index (χ3v) is 4.69. The Bertz CT molecular complexity index is 1200. The molecule has 1 atom stereocenters. The highest BCUT2D eigenvalue weighted by molar-refractivity contribution is 5.86. The fourth-order valence-electron chi connectivity index (χ4n) is 3.27. The third kappa shape index (κ3) is 3.70. The minimum absolute atomic E-state index is 0.0235. The number of rotatable bonds is 5. The first-order valence-corrected chi connectivity index (χ1v) is 9.04. The molecule has 2 N–H and O–H groups in total. The second-order valence-electron chi connectivity index (χ2n) is 6.67. The summed E-state index contributed by atoms with van der Waals surface area (Å²) in [6.07, 6.45) is 1.65. The Labute approximate surface area is 166 Å². The van der Waals surface area contributed by atoms with E-state index in [1.165, 1.54) is 12.1 Å². The Morgan fingerprint density at radius 3 is 2.66 bits per heavy atom. The second kappa shape index (κ2) is 7.55. The van der Waals surface area contributed by atoms with Crippen LogP contribution in [0.4, 0.5) is 11.5 Å². The molecule has 0 unspecified atom stereocenters. The topological polar surface area (TPSA) is 101 Å². The van der Waals surface area contributed by atoms with Crippen molar-refractivity contribution >= 4 is 22.4 Å². The Kier molecular flexibility index (Phi) is 4.78. The molecule has 2 heterocycles. The fraction of sp³-hybridized carbons (Fsp3) is 0.0909. The number of pyridine rings is 2. The molecule has 0 saturated carbocycles. The molecule has 0 spiro atoms. The van der Waals surface area contributed by atoms with Crippen LogP contribution in [0.3, 0.4) is 0 Å². The van der Waals surface area contributed by atoms with Gasteiger partial charge < -0.3 is 10.4 Å². The van der Waals surface area contributed by atoms with E-state index in [9.17, 15) is 15.2 Å². The number of nitro benzene ring substituents is 1. The highest BCUT2D eigenvalue weighted by Crippen LogP contribution is 2.37. The van der Waals surface area contributed by atoms with E-state index in [1.807, 2.05) is 31.2 Å². The van der Waals surface area contributed by atoms with Gasteiger partial charge in [0, 0.05) is 35.0 Å². The summed E-state index contributed by atoms with van der Waals surface area (Å²) in [7, 11) is 0. The van der Waals surface area contributed by atoms with E-state index >= 15 is 0 Å². The molecule has 0 aliphatic carbocycles. The van der Waals surface area contributed by atoms with Gasteiger partial charge in [-0.05, 0) is 30.7 Å². The molecule has 4 rings (SSSR count). The summed E-state index contributed by atoms with van der Waals surface area (Å²) < 4.78 is 0. The summed E-state index contributed by atoms with van der Waals surface area (Å²) >= 11 is 0. The monoisotopic (exact) mass is 386 g/mol. The smallest absolute Gasteiger partial charge is 0.269 e. The van der Waals surface area contributed by atoms with Crippen LogP contribution in [-0.4, -0.2) is 20.0 Å². The molecular formula is C22H18N4O3. The number of fused-ring (bicyclic) bond motifs is 1. The van der Waals surface area contributed by atoms with E-state index < -0.39 is 11.0 Å². The Morgan fingerprint density at radius 1 is 1.07 bits per heavy atom. The van der Waals surface area contributed by atoms with Gasteiger partial charge in [0.05, 0.1) is 11.0 Å². The van der Waals surface area contributed by atoms with Crippen LogP contribution in [0.2, 0.25) is 0 Å². The van der Waals surface area contributed by atoms with Gasteiger partial charge in [-0.25, -0.2) is 9.97 Å². The van der Waals surface area contributed by atoms with Crippen molar-refractivity contribution in [3.05, 3.63) is 99.9 Å². The van der Waals surface area contributed by atoms with Gasteiger partial charge in [0.1, 0.15) is 17.1 Å². The van der Waals surface area contributed by atoms with Crippen LogP contribution in [0.5, 0.6) is 5.75 Å². The normalized spacial score (nSPS) is 11.9. The van der Waals surface area contributed by atoms with Crippen molar-refractivity contribution in [1.29, 1.82) is 0 Å². The lowest BCUT2D eigenvalue weighted by atomic mass is 9.95. The quantitative estimate of drug-likeness (QED) is 0.379. The Balaban J connectivity index is 1.88. The van der Waals surface area contributed by atoms with Crippen LogP contribution >= 0.6 is 0 Å². The fourth-order valence-corrected chi connectivity index (χ4v) is 3.27. The molecule has 7 heteroatoms. The number of phenolic OH excluding ortho intramolecular Hbond substituents is 1. The van der Waals surface area contributed by atoms with Gasteiger partial charge >= 0.3 is 0 Å². The second-order valence-corrected chi connectivity index (χ2v) is 6.67. The van der Waals surface area contributed by atoms with Gasteiger partial charge in [-0.3, -0.25) is 10.1 Å². The van der Waals surface area contributed by atoms with Crippen molar-refractivity contribution in [3.8, 4) is 5.75 Å².